The van der Waals surface area contributed by atoms with Gasteiger partial charge < -0.3 is 19.7 Å². The zero-order chi connectivity index (χ0) is 26.8. The van der Waals surface area contributed by atoms with Crippen LogP contribution in [0.3, 0.4) is 0 Å². The van der Waals surface area contributed by atoms with E-state index in [1.165, 1.54) is 44.8 Å². The van der Waals surface area contributed by atoms with Crippen molar-refractivity contribution in [2.75, 3.05) is 37.6 Å². The van der Waals surface area contributed by atoms with Crippen LogP contribution in [0.2, 0.25) is 0 Å². The van der Waals surface area contributed by atoms with E-state index in [1.54, 1.807) is 7.11 Å². The average Bonchev–Trinajstić information content (AvgIpc) is 2.89. The second kappa shape index (κ2) is 14.2. The van der Waals surface area contributed by atoms with Crippen LogP contribution in [0, 0.1) is 12.8 Å². The molecule has 202 valence electrons. The lowest BCUT2D eigenvalue weighted by Crippen LogP contribution is -2.40. The van der Waals surface area contributed by atoms with Crippen molar-refractivity contribution in [3.63, 3.8) is 0 Å². The Kier molecular flexibility index (Phi) is 11.0. The number of benzene rings is 2. The number of anilines is 2. The summed E-state index contributed by atoms with van der Waals surface area (Å²) in [4.78, 5) is 27.9. The zero-order valence-electron chi connectivity index (χ0n) is 23.2. The molecule has 1 fully saturated rings. The van der Waals surface area contributed by atoms with Crippen molar-refractivity contribution in [3.05, 3.63) is 59.2 Å². The van der Waals surface area contributed by atoms with Gasteiger partial charge >= 0.3 is 5.97 Å². The standard InChI is InChI=1S/C31H44N2O4/c1-22(2)20-33(27-9-7-6-8-10-27)29-16-15-25(26(21-36-4)19-31(35)37-5)18-28(29)32-30(34)17-24-13-11-23(3)12-14-24/h11-16,18,22,26-27H,6-10,17,19-21H2,1-5H3,(H,32,34). The Morgan fingerprint density at radius 2 is 1.73 bits per heavy atom. The third-order valence-corrected chi connectivity index (χ3v) is 7.15. The Morgan fingerprint density at radius 3 is 2.35 bits per heavy atom. The summed E-state index contributed by atoms with van der Waals surface area (Å²) in [6, 6.07) is 14.8. The molecule has 0 saturated heterocycles. The van der Waals surface area contributed by atoms with Crippen LogP contribution in [0.4, 0.5) is 11.4 Å². The number of nitrogens with zero attached hydrogens (tertiary/aromatic N) is 1. The predicted octanol–water partition coefficient (Wildman–Crippen LogP) is 6.26. The van der Waals surface area contributed by atoms with E-state index >= 15 is 0 Å². The number of hydrogen-bond donors (Lipinski definition) is 1. The van der Waals surface area contributed by atoms with Gasteiger partial charge in [0.15, 0.2) is 0 Å². The molecule has 6 heteroatoms. The summed E-state index contributed by atoms with van der Waals surface area (Å²) in [6.45, 7) is 7.84. The van der Waals surface area contributed by atoms with E-state index in [4.69, 9.17) is 9.47 Å². The minimum Gasteiger partial charge on any atom is -0.469 e. The highest BCUT2D eigenvalue weighted by Gasteiger charge is 2.26. The van der Waals surface area contributed by atoms with Crippen LogP contribution in [-0.4, -0.2) is 45.3 Å². The van der Waals surface area contributed by atoms with Gasteiger partial charge in [-0.2, -0.15) is 0 Å². The number of nitrogens with one attached hydrogen (secondary N) is 1. The van der Waals surface area contributed by atoms with E-state index < -0.39 is 0 Å². The Morgan fingerprint density at radius 1 is 1.03 bits per heavy atom. The molecule has 0 heterocycles. The van der Waals surface area contributed by atoms with Gasteiger partial charge in [-0.05, 0) is 48.9 Å². The highest BCUT2D eigenvalue weighted by molar-refractivity contribution is 5.96. The predicted molar refractivity (Wildman–Crippen MR) is 150 cm³/mol. The first-order valence-corrected chi connectivity index (χ1v) is 13.6. The van der Waals surface area contributed by atoms with E-state index in [9.17, 15) is 9.59 Å². The van der Waals surface area contributed by atoms with E-state index in [2.05, 4.69) is 36.2 Å². The van der Waals surface area contributed by atoms with Crippen molar-refractivity contribution < 1.29 is 19.1 Å². The number of aryl methyl sites for hydroxylation is 1. The molecule has 2 aromatic rings. The van der Waals surface area contributed by atoms with Crippen LogP contribution in [0.25, 0.3) is 0 Å². The van der Waals surface area contributed by atoms with Crippen molar-refractivity contribution in [1.82, 2.24) is 0 Å². The molecule has 0 radical (unpaired) electrons. The first-order valence-electron chi connectivity index (χ1n) is 13.6. The molecule has 1 N–H and O–H groups in total. The molecule has 0 spiro atoms. The van der Waals surface area contributed by atoms with E-state index in [-0.39, 0.29) is 24.2 Å². The van der Waals surface area contributed by atoms with Crippen LogP contribution in [0.1, 0.15) is 75.0 Å². The Hall–Kier alpha value is -2.86. The summed E-state index contributed by atoms with van der Waals surface area (Å²) in [5.74, 6) is -0.00265. The number of carbonyl (C=O) groups is 2. The molecule has 2 aromatic carbocycles. The van der Waals surface area contributed by atoms with Gasteiger partial charge in [0.1, 0.15) is 0 Å². The maximum Gasteiger partial charge on any atom is 0.306 e. The summed E-state index contributed by atoms with van der Waals surface area (Å²) in [5, 5.41) is 3.23. The van der Waals surface area contributed by atoms with Gasteiger partial charge in [-0.3, -0.25) is 9.59 Å². The molecule has 6 nitrogen and oxygen atoms in total. The third-order valence-electron chi connectivity index (χ3n) is 7.15. The summed E-state index contributed by atoms with van der Waals surface area (Å²) in [5.41, 5.74) is 4.96. The topological polar surface area (TPSA) is 67.9 Å². The SMILES string of the molecule is COCC(CC(=O)OC)c1ccc(N(CC(C)C)C2CCCCC2)c(NC(=O)Cc2ccc(C)cc2)c1. The van der Waals surface area contributed by atoms with Crippen LogP contribution in [0.5, 0.6) is 0 Å². The number of carbonyl (C=O) groups excluding carboxylic acids is 2. The second-order valence-electron chi connectivity index (χ2n) is 10.8. The summed E-state index contributed by atoms with van der Waals surface area (Å²) >= 11 is 0. The molecule has 1 aliphatic carbocycles. The maximum absolute atomic E-state index is 13.2. The largest absolute Gasteiger partial charge is 0.469 e. The molecule has 1 unspecified atom stereocenters. The van der Waals surface area contributed by atoms with E-state index in [0.29, 0.717) is 25.0 Å². The molecule has 1 aliphatic rings. The van der Waals surface area contributed by atoms with Crippen LogP contribution in [-0.2, 0) is 25.5 Å². The molecule has 37 heavy (non-hydrogen) atoms. The quantitative estimate of drug-likeness (QED) is 0.343. The number of rotatable bonds is 12. The highest BCUT2D eigenvalue weighted by Crippen LogP contribution is 2.36. The lowest BCUT2D eigenvalue weighted by molar-refractivity contribution is -0.141. The molecular weight excluding hydrogens is 464 g/mol. The number of amides is 1. The molecule has 1 amide bonds. The van der Waals surface area contributed by atoms with Gasteiger partial charge in [0.2, 0.25) is 5.91 Å². The van der Waals surface area contributed by atoms with Gasteiger partial charge in [0, 0.05) is 25.6 Å². The molecule has 0 aliphatic heterocycles. The lowest BCUT2D eigenvalue weighted by Gasteiger charge is -2.38. The van der Waals surface area contributed by atoms with Crippen LogP contribution in [0.15, 0.2) is 42.5 Å². The Bertz CT molecular complexity index is 1010. The fourth-order valence-corrected chi connectivity index (χ4v) is 5.23. The number of hydrogen-bond acceptors (Lipinski definition) is 5. The van der Waals surface area contributed by atoms with Gasteiger partial charge in [-0.25, -0.2) is 0 Å². The van der Waals surface area contributed by atoms with Crippen molar-refractivity contribution in [2.24, 2.45) is 5.92 Å². The minimum absolute atomic E-state index is 0.0494. The van der Waals surface area contributed by atoms with Gasteiger partial charge in [0.05, 0.1) is 37.9 Å². The van der Waals surface area contributed by atoms with Crippen molar-refractivity contribution >= 4 is 23.3 Å². The average molecular weight is 509 g/mol. The Balaban J connectivity index is 1.97. The van der Waals surface area contributed by atoms with Crippen molar-refractivity contribution in [3.8, 4) is 0 Å². The van der Waals surface area contributed by atoms with Gasteiger partial charge in [-0.1, -0.05) is 69.0 Å². The maximum atomic E-state index is 13.2. The van der Waals surface area contributed by atoms with E-state index in [1.807, 2.05) is 37.3 Å². The molecule has 0 bridgehead atoms. The van der Waals surface area contributed by atoms with Crippen molar-refractivity contribution in [2.45, 2.75) is 77.7 Å². The summed E-state index contributed by atoms with van der Waals surface area (Å²) in [6.07, 6.45) is 6.63. The number of ether oxygens (including phenoxy) is 2. The normalized spacial score (nSPS) is 14.9. The van der Waals surface area contributed by atoms with Crippen LogP contribution >= 0.6 is 0 Å². The minimum atomic E-state index is -0.278. The lowest BCUT2D eigenvalue weighted by atomic mass is 9.91. The Labute approximate surface area is 222 Å². The van der Waals surface area contributed by atoms with Gasteiger partial charge in [0.25, 0.3) is 0 Å². The number of methoxy groups -OCH3 is 2. The fourth-order valence-electron chi connectivity index (χ4n) is 5.23. The zero-order valence-corrected chi connectivity index (χ0v) is 23.2. The first-order chi connectivity index (χ1) is 17.8. The molecule has 3 rings (SSSR count). The first kappa shape index (κ1) is 28.7. The van der Waals surface area contributed by atoms with Gasteiger partial charge in [-0.15, -0.1) is 0 Å². The molecule has 1 atom stereocenters. The highest BCUT2D eigenvalue weighted by atomic mass is 16.5. The monoisotopic (exact) mass is 508 g/mol. The number of esters is 1. The van der Waals surface area contributed by atoms with Crippen molar-refractivity contribution in [1.29, 1.82) is 0 Å². The summed E-state index contributed by atoms with van der Waals surface area (Å²) < 4.78 is 10.4. The smallest absolute Gasteiger partial charge is 0.306 e. The van der Waals surface area contributed by atoms with Crippen LogP contribution < -0.4 is 10.2 Å². The molecule has 0 aromatic heterocycles. The summed E-state index contributed by atoms with van der Waals surface area (Å²) in [7, 11) is 3.04. The second-order valence-corrected chi connectivity index (χ2v) is 10.8. The molecule has 1 saturated carbocycles. The molecular formula is C31H44N2O4. The third kappa shape index (κ3) is 8.60. The fraction of sp³-hybridized carbons (Fsp3) is 0.548. The van der Waals surface area contributed by atoms with E-state index in [0.717, 1.165) is 29.0 Å².